The third-order valence-corrected chi connectivity index (χ3v) is 0.992. The smallest absolute Gasteiger partial charge is 1.00 e. The number of hydrogen-bond acceptors (Lipinski definition) is 3. The van der Waals surface area contributed by atoms with Crippen molar-refractivity contribution in [2.24, 2.45) is 0 Å². The summed E-state index contributed by atoms with van der Waals surface area (Å²) in [5, 5.41) is 7.88. The maximum absolute atomic E-state index is 9.87. The van der Waals surface area contributed by atoms with Crippen LogP contribution in [0.4, 0.5) is 0 Å². The molecular weight excluding hydrogens is 152 g/mol. The fraction of sp³-hybridized carbons (Fsp3) is 0.667. The van der Waals surface area contributed by atoms with Crippen molar-refractivity contribution >= 4 is 7.82 Å². The van der Waals surface area contributed by atoms with Crippen LogP contribution in [-0.4, -0.2) is 16.4 Å². The minimum absolute atomic E-state index is 0. The average molecular weight is 159 g/mol. The van der Waals surface area contributed by atoms with Crippen LogP contribution in [0.5, 0.6) is 0 Å². The van der Waals surface area contributed by atoms with Gasteiger partial charge in [-0.3, -0.25) is 4.52 Å². The summed E-state index contributed by atoms with van der Waals surface area (Å²) < 4.78 is 13.8. The molecule has 2 N–H and O–H groups in total. The van der Waals surface area contributed by atoms with Crippen LogP contribution in [0.15, 0.2) is 0 Å². The molecular formula is C3H7LiNO4P. The maximum atomic E-state index is 9.87. The number of nitrogens with zero attached hydrogens (tertiary/aromatic N) is 1. The second-order valence-electron chi connectivity index (χ2n) is 1.23. The van der Waals surface area contributed by atoms with E-state index in [1.165, 1.54) is 0 Å². The van der Waals surface area contributed by atoms with Gasteiger partial charge in [0.15, 0.2) is 0 Å². The summed E-state index contributed by atoms with van der Waals surface area (Å²) in [6.07, 6.45) is -0.00882. The Labute approximate surface area is 71.9 Å². The normalized spacial score (nSPS) is 9.70. The largest absolute Gasteiger partial charge is 1.00 e. The second-order valence-corrected chi connectivity index (χ2v) is 2.47. The van der Waals surface area contributed by atoms with E-state index in [1.54, 1.807) is 6.07 Å². The fourth-order valence-corrected chi connectivity index (χ4v) is 0.539. The van der Waals surface area contributed by atoms with Gasteiger partial charge in [0.05, 0.1) is 19.1 Å². The van der Waals surface area contributed by atoms with E-state index in [4.69, 9.17) is 15.0 Å². The molecule has 0 heterocycles. The number of phosphoric ester groups is 1. The van der Waals surface area contributed by atoms with Gasteiger partial charge in [0.1, 0.15) is 0 Å². The van der Waals surface area contributed by atoms with Gasteiger partial charge >= 0.3 is 26.7 Å². The molecule has 0 rings (SSSR count). The van der Waals surface area contributed by atoms with Crippen LogP contribution >= 0.6 is 7.82 Å². The van der Waals surface area contributed by atoms with E-state index >= 15 is 0 Å². The summed E-state index contributed by atoms with van der Waals surface area (Å²) in [7, 11) is -4.35. The van der Waals surface area contributed by atoms with E-state index in [-0.39, 0.29) is 33.3 Å². The van der Waals surface area contributed by atoms with Crippen molar-refractivity contribution in [2.45, 2.75) is 6.42 Å². The molecule has 10 heavy (non-hydrogen) atoms. The number of nitriles is 1. The van der Waals surface area contributed by atoms with Crippen LogP contribution < -0.4 is 18.9 Å². The Hall–Kier alpha value is 0.197. The molecule has 0 aliphatic rings. The van der Waals surface area contributed by atoms with Gasteiger partial charge in [-0.25, -0.2) is 4.57 Å². The molecule has 0 aromatic carbocycles. The van der Waals surface area contributed by atoms with E-state index in [1.807, 2.05) is 0 Å². The van der Waals surface area contributed by atoms with Gasteiger partial charge in [-0.1, -0.05) is 0 Å². The molecule has 0 aromatic heterocycles. The van der Waals surface area contributed by atoms with Crippen molar-refractivity contribution in [2.75, 3.05) is 6.61 Å². The van der Waals surface area contributed by atoms with Crippen LogP contribution in [0.1, 0.15) is 7.85 Å². The summed E-state index contributed by atoms with van der Waals surface area (Å²) in [4.78, 5) is 16.0. The Morgan fingerprint density at radius 2 is 2.20 bits per heavy atom. The topological polar surface area (TPSA) is 90.5 Å². The van der Waals surface area contributed by atoms with Gasteiger partial charge < -0.3 is 11.2 Å². The first-order valence-electron chi connectivity index (χ1n) is 2.13. The molecule has 0 saturated carbocycles. The van der Waals surface area contributed by atoms with E-state index in [2.05, 4.69) is 4.52 Å². The van der Waals surface area contributed by atoms with Crippen LogP contribution in [0, 0.1) is 11.3 Å². The van der Waals surface area contributed by atoms with Gasteiger partial charge in [-0.05, 0) is 0 Å². The average Bonchev–Trinajstić information content (AvgIpc) is 1.63. The van der Waals surface area contributed by atoms with Crippen LogP contribution in [0.2, 0.25) is 0 Å². The molecule has 0 aliphatic carbocycles. The summed E-state index contributed by atoms with van der Waals surface area (Å²) in [6.45, 7) is -0.221. The van der Waals surface area contributed by atoms with Crippen molar-refractivity contribution in [1.82, 2.24) is 0 Å². The first-order valence-corrected chi connectivity index (χ1v) is 3.66. The fourth-order valence-electron chi connectivity index (χ4n) is 0.210. The molecule has 0 amide bonds. The molecule has 0 radical (unpaired) electrons. The Morgan fingerprint density at radius 3 is 2.50 bits per heavy atom. The zero-order valence-corrected chi connectivity index (χ0v) is 6.41. The van der Waals surface area contributed by atoms with Crippen molar-refractivity contribution < 1.29 is 39.2 Å². The minimum atomic E-state index is -4.35. The summed E-state index contributed by atoms with van der Waals surface area (Å²) in [5.41, 5.74) is 0. The Balaban J connectivity index is -0.000000320. The van der Waals surface area contributed by atoms with E-state index in [0.29, 0.717) is 0 Å². The summed E-state index contributed by atoms with van der Waals surface area (Å²) in [5.74, 6) is 0. The first-order chi connectivity index (χ1) is 4.06. The molecule has 0 atom stereocenters. The minimum Gasteiger partial charge on any atom is -1.00 e. The molecule has 0 fully saturated rings. The van der Waals surface area contributed by atoms with Crippen LogP contribution in [-0.2, 0) is 9.09 Å². The van der Waals surface area contributed by atoms with E-state index in [0.717, 1.165) is 0 Å². The van der Waals surface area contributed by atoms with Crippen molar-refractivity contribution in [3.05, 3.63) is 0 Å². The number of hydrogen-bond donors (Lipinski definition) is 2. The van der Waals surface area contributed by atoms with Gasteiger partial charge in [0.2, 0.25) is 0 Å². The van der Waals surface area contributed by atoms with E-state index in [9.17, 15) is 4.57 Å². The first kappa shape index (κ1) is 12.8. The Morgan fingerprint density at radius 1 is 1.70 bits per heavy atom. The zero-order chi connectivity index (χ0) is 7.33. The Bertz CT molecular complexity index is 165. The molecule has 54 valence electrons. The van der Waals surface area contributed by atoms with Crippen LogP contribution in [0.25, 0.3) is 0 Å². The van der Waals surface area contributed by atoms with Crippen molar-refractivity contribution in [1.29, 1.82) is 5.26 Å². The molecule has 0 saturated heterocycles. The van der Waals surface area contributed by atoms with Gasteiger partial charge in [-0.15, -0.1) is 0 Å². The van der Waals surface area contributed by atoms with Gasteiger partial charge in [0, 0.05) is 0 Å². The maximum Gasteiger partial charge on any atom is 1.00 e. The molecule has 5 nitrogen and oxygen atoms in total. The quantitative estimate of drug-likeness (QED) is 0.262. The molecule has 0 aromatic rings. The van der Waals surface area contributed by atoms with Crippen LogP contribution in [0.3, 0.4) is 0 Å². The predicted octanol–water partition coefficient (Wildman–Crippen LogP) is -2.87. The molecule has 0 bridgehead atoms. The molecule has 0 unspecified atom stereocenters. The third-order valence-electron chi connectivity index (χ3n) is 0.473. The van der Waals surface area contributed by atoms with Crippen molar-refractivity contribution in [3.8, 4) is 6.07 Å². The monoisotopic (exact) mass is 159 g/mol. The van der Waals surface area contributed by atoms with E-state index < -0.39 is 7.82 Å². The molecule has 0 spiro atoms. The predicted molar refractivity (Wildman–Crippen MR) is 29.3 cm³/mol. The number of phosphoric acid groups is 1. The number of rotatable bonds is 3. The van der Waals surface area contributed by atoms with Crippen molar-refractivity contribution in [3.63, 3.8) is 0 Å². The summed E-state index contributed by atoms with van der Waals surface area (Å²) >= 11 is 0. The third kappa shape index (κ3) is 11.1. The second kappa shape index (κ2) is 5.94. The standard InChI is InChI=1S/C3H6NO4P.Li.H/c4-2-1-3-8-9(5,6)7;;/h1,3H2,(H2,5,6,7);;/q;+1;-1. The Kier molecular flexibility index (Phi) is 7.63. The summed E-state index contributed by atoms with van der Waals surface area (Å²) in [6, 6.07) is 1.67. The van der Waals surface area contributed by atoms with Gasteiger partial charge in [-0.2, -0.15) is 5.26 Å². The SMILES string of the molecule is N#CCCOP(=O)(O)O.[H-].[Li+]. The zero-order valence-electron chi connectivity index (χ0n) is 6.52. The molecule has 7 heteroatoms. The molecule has 0 aliphatic heterocycles. The van der Waals surface area contributed by atoms with Gasteiger partial charge in [0.25, 0.3) is 0 Å².